The predicted octanol–water partition coefficient (Wildman–Crippen LogP) is 5.55. The van der Waals surface area contributed by atoms with Gasteiger partial charge in [-0.15, -0.1) is 0 Å². The summed E-state index contributed by atoms with van der Waals surface area (Å²) in [4.78, 5) is 20.0. The quantitative estimate of drug-likeness (QED) is 0.470. The molecule has 0 spiro atoms. The van der Waals surface area contributed by atoms with Crippen molar-refractivity contribution in [2.24, 2.45) is 11.8 Å². The van der Waals surface area contributed by atoms with E-state index in [1.165, 1.54) is 12.5 Å². The molecule has 5 nitrogen and oxygen atoms in total. The van der Waals surface area contributed by atoms with Gasteiger partial charge in [-0.25, -0.2) is 9.50 Å². The van der Waals surface area contributed by atoms with Gasteiger partial charge >= 0.3 is 6.18 Å². The summed E-state index contributed by atoms with van der Waals surface area (Å²) in [5.41, 5.74) is 1.51. The first-order valence-electron chi connectivity index (χ1n) is 12.2. The number of aryl methyl sites for hydroxylation is 1. The van der Waals surface area contributed by atoms with Gasteiger partial charge in [0.05, 0.1) is 5.69 Å². The van der Waals surface area contributed by atoms with Gasteiger partial charge in [-0.3, -0.25) is 4.79 Å². The zero-order valence-corrected chi connectivity index (χ0v) is 19.1. The summed E-state index contributed by atoms with van der Waals surface area (Å²) in [5.74, 6) is 0.734. The summed E-state index contributed by atoms with van der Waals surface area (Å²) in [6.45, 7) is 2.87. The number of carbonyl (C=O) groups excluding carboxylic acids is 1. The number of piperidine rings is 1. The second kappa shape index (κ2) is 7.82. The third kappa shape index (κ3) is 3.33. The maximum absolute atomic E-state index is 14.3. The molecule has 1 aliphatic heterocycles. The molecule has 0 N–H and O–H groups in total. The van der Waals surface area contributed by atoms with Gasteiger partial charge in [-0.1, -0.05) is 44.0 Å². The van der Waals surface area contributed by atoms with Gasteiger partial charge in [0, 0.05) is 29.8 Å². The minimum atomic E-state index is -4.61. The summed E-state index contributed by atoms with van der Waals surface area (Å²) in [6.07, 6.45) is 1.36. The molecule has 2 fully saturated rings. The molecule has 0 bridgehead atoms. The van der Waals surface area contributed by atoms with Crippen LogP contribution in [0.2, 0.25) is 0 Å². The Morgan fingerprint density at radius 2 is 1.88 bits per heavy atom. The maximum Gasteiger partial charge on any atom is 0.433 e. The Labute approximate surface area is 196 Å². The second-order valence-electron chi connectivity index (χ2n) is 10.0. The van der Waals surface area contributed by atoms with Crippen LogP contribution in [-0.2, 0) is 19.0 Å². The lowest BCUT2D eigenvalue weighted by molar-refractivity contribution is -0.143. The number of likely N-dealkylation sites (tertiary alicyclic amines) is 1. The molecule has 1 saturated heterocycles. The van der Waals surface area contributed by atoms with Crippen molar-refractivity contribution >= 4 is 11.6 Å². The average Bonchev–Trinajstić information content (AvgIpc) is 3.25. The van der Waals surface area contributed by atoms with Crippen molar-refractivity contribution in [3.05, 3.63) is 52.8 Å². The first kappa shape index (κ1) is 21.6. The Balaban J connectivity index is 1.47. The van der Waals surface area contributed by atoms with Crippen molar-refractivity contribution in [2.75, 3.05) is 6.54 Å². The van der Waals surface area contributed by atoms with Gasteiger partial charge in [0.15, 0.2) is 17.0 Å². The van der Waals surface area contributed by atoms with Crippen LogP contribution in [0.25, 0.3) is 16.9 Å². The van der Waals surface area contributed by atoms with E-state index in [4.69, 9.17) is 0 Å². The molecular weight excluding hydrogens is 441 g/mol. The highest BCUT2D eigenvalue weighted by Gasteiger charge is 2.42. The van der Waals surface area contributed by atoms with Gasteiger partial charge < -0.3 is 4.90 Å². The number of benzene rings is 1. The summed E-state index contributed by atoms with van der Waals surface area (Å²) < 4.78 is 43.8. The van der Waals surface area contributed by atoms with Crippen molar-refractivity contribution in [3.8, 4) is 11.3 Å². The molecule has 1 saturated carbocycles. The largest absolute Gasteiger partial charge is 0.433 e. The maximum atomic E-state index is 14.3. The molecule has 3 atom stereocenters. The standard InChI is InChI=1S/C26H27F3N4O/c1-15-12-13-32(21-9-5-4-7-17(15)21)25(34)20-14-22-30-23-18-8-3-2-6-16(18)10-11-19(23)24(26(27,28)29)33(22)31-20/h2-3,6,8,14-15,17,21H,4-5,7,9-13H2,1H3/t15-,17-,21+/m1/s1. The van der Waals surface area contributed by atoms with Crippen LogP contribution in [0.3, 0.4) is 0 Å². The van der Waals surface area contributed by atoms with E-state index < -0.39 is 11.9 Å². The lowest BCUT2D eigenvalue weighted by Crippen LogP contribution is -2.52. The molecule has 3 aromatic rings. The zero-order chi connectivity index (χ0) is 23.6. The molecule has 0 unspecified atom stereocenters. The van der Waals surface area contributed by atoms with Crippen LogP contribution in [0.1, 0.15) is 66.3 Å². The van der Waals surface area contributed by atoms with E-state index in [9.17, 15) is 18.0 Å². The molecule has 2 aromatic heterocycles. The normalized spacial score (nSPS) is 24.5. The Morgan fingerprint density at radius 3 is 2.71 bits per heavy atom. The van der Waals surface area contributed by atoms with Gasteiger partial charge in [-0.05, 0) is 49.5 Å². The molecule has 0 radical (unpaired) electrons. The number of alkyl halides is 3. The number of nitrogens with zero attached hydrogens (tertiary/aromatic N) is 4. The van der Waals surface area contributed by atoms with Crippen molar-refractivity contribution in [1.29, 1.82) is 0 Å². The fraction of sp³-hybridized carbons (Fsp3) is 0.500. The van der Waals surface area contributed by atoms with Crippen molar-refractivity contribution in [3.63, 3.8) is 0 Å². The molecule has 178 valence electrons. The molecule has 1 amide bonds. The smallest absolute Gasteiger partial charge is 0.334 e. The fourth-order valence-electron chi connectivity index (χ4n) is 6.43. The van der Waals surface area contributed by atoms with E-state index in [-0.39, 0.29) is 35.3 Å². The van der Waals surface area contributed by atoms with Crippen LogP contribution >= 0.6 is 0 Å². The van der Waals surface area contributed by atoms with Crippen molar-refractivity contribution in [2.45, 2.75) is 64.1 Å². The summed E-state index contributed by atoms with van der Waals surface area (Å²) in [7, 11) is 0. The van der Waals surface area contributed by atoms with Crippen LogP contribution < -0.4 is 0 Å². The van der Waals surface area contributed by atoms with Crippen LogP contribution in [0.4, 0.5) is 13.2 Å². The molecule has 3 heterocycles. The number of rotatable bonds is 1. The van der Waals surface area contributed by atoms with Gasteiger partial charge in [-0.2, -0.15) is 18.3 Å². The van der Waals surface area contributed by atoms with E-state index in [1.54, 1.807) is 0 Å². The molecule has 2 aliphatic carbocycles. The van der Waals surface area contributed by atoms with Gasteiger partial charge in [0.25, 0.3) is 5.91 Å². The molecule has 34 heavy (non-hydrogen) atoms. The highest BCUT2D eigenvalue weighted by atomic mass is 19.4. The molecule has 3 aliphatic rings. The number of hydrogen-bond acceptors (Lipinski definition) is 3. The highest BCUT2D eigenvalue weighted by molar-refractivity contribution is 5.94. The summed E-state index contributed by atoms with van der Waals surface area (Å²) >= 11 is 0. The molecule has 1 aromatic carbocycles. The van der Waals surface area contributed by atoms with Gasteiger partial charge in [0.2, 0.25) is 0 Å². The minimum Gasteiger partial charge on any atom is -0.334 e. The van der Waals surface area contributed by atoms with Crippen LogP contribution in [0.15, 0.2) is 30.3 Å². The number of hydrogen-bond donors (Lipinski definition) is 0. The fourth-order valence-corrected chi connectivity index (χ4v) is 6.43. The Bertz CT molecular complexity index is 1280. The number of halogens is 3. The number of fused-ring (bicyclic) bond motifs is 5. The van der Waals surface area contributed by atoms with Crippen LogP contribution in [0.5, 0.6) is 0 Å². The number of carbonyl (C=O) groups is 1. The zero-order valence-electron chi connectivity index (χ0n) is 19.1. The van der Waals surface area contributed by atoms with E-state index in [0.717, 1.165) is 41.3 Å². The van der Waals surface area contributed by atoms with E-state index in [0.29, 0.717) is 30.5 Å². The Morgan fingerprint density at radius 1 is 1.09 bits per heavy atom. The molecule has 6 rings (SSSR count). The first-order chi connectivity index (χ1) is 16.3. The predicted molar refractivity (Wildman–Crippen MR) is 121 cm³/mol. The van der Waals surface area contributed by atoms with E-state index >= 15 is 0 Å². The minimum absolute atomic E-state index is 0.0486. The number of aromatic nitrogens is 3. The van der Waals surface area contributed by atoms with Crippen molar-refractivity contribution in [1.82, 2.24) is 19.5 Å². The van der Waals surface area contributed by atoms with E-state index in [2.05, 4.69) is 17.0 Å². The lowest BCUT2D eigenvalue weighted by Gasteiger charge is -2.47. The third-order valence-corrected chi connectivity index (χ3v) is 8.10. The van der Waals surface area contributed by atoms with Crippen LogP contribution in [-0.4, -0.2) is 38.0 Å². The molecular formula is C26H27F3N4O. The summed E-state index contributed by atoms with van der Waals surface area (Å²) in [6, 6.07) is 9.03. The average molecular weight is 469 g/mol. The topological polar surface area (TPSA) is 50.5 Å². The number of amides is 1. The van der Waals surface area contributed by atoms with Crippen LogP contribution in [0, 0.1) is 11.8 Å². The van der Waals surface area contributed by atoms with Crippen molar-refractivity contribution < 1.29 is 18.0 Å². The monoisotopic (exact) mass is 468 g/mol. The van der Waals surface area contributed by atoms with Gasteiger partial charge in [0.1, 0.15) is 0 Å². The summed E-state index contributed by atoms with van der Waals surface area (Å²) in [5, 5.41) is 4.22. The highest BCUT2D eigenvalue weighted by Crippen LogP contribution is 2.42. The first-order valence-corrected chi connectivity index (χ1v) is 12.2. The second-order valence-corrected chi connectivity index (χ2v) is 10.0. The molecule has 8 heteroatoms. The SMILES string of the molecule is C[C@@H]1CCN(C(=O)c2cc3nc4c(c(C(F)(F)F)n3n2)CCc2ccccc2-4)[C@H]2CCCC[C@H]12. The van der Waals surface area contributed by atoms with E-state index in [1.807, 2.05) is 29.2 Å². The lowest BCUT2D eigenvalue weighted by atomic mass is 9.72. The third-order valence-electron chi connectivity index (χ3n) is 8.10. The Hall–Kier alpha value is -2.90. The Kier molecular flexibility index (Phi) is 4.97.